The van der Waals surface area contributed by atoms with Gasteiger partial charge < -0.3 is 14.6 Å². The molecular formula is C10H13ClN2O3. The summed E-state index contributed by atoms with van der Waals surface area (Å²) in [6.45, 7) is -0.175. The number of carbonyl (C=O) groups is 1. The van der Waals surface area contributed by atoms with Gasteiger partial charge in [-0.2, -0.15) is 0 Å². The Morgan fingerprint density at radius 3 is 2.88 bits per heavy atom. The molecule has 0 spiro atoms. The molecule has 0 bridgehead atoms. The van der Waals surface area contributed by atoms with E-state index in [0.717, 1.165) is 0 Å². The number of nitrogens with one attached hydrogen (secondary N) is 1. The topological polar surface area (TPSA) is 60.3 Å². The van der Waals surface area contributed by atoms with Crippen molar-refractivity contribution in [2.24, 2.45) is 7.05 Å². The maximum absolute atomic E-state index is 11.5. The predicted molar refractivity (Wildman–Crippen MR) is 60.8 cm³/mol. The number of nitrogens with zero attached hydrogens (tertiary/aromatic N) is 1. The number of aromatic nitrogens is 1. The third-order valence-corrected chi connectivity index (χ3v) is 2.35. The summed E-state index contributed by atoms with van der Waals surface area (Å²) in [4.78, 5) is 22.5. The quantitative estimate of drug-likeness (QED) is 0.773. The second-order valence-electron chi connectivity index (χ2n) is 3.20. The van der Waals surface area contributed by atoms with Gasteiger partial charge in [-0.15, -0.1) is 11.6 Å². The largest absolute Gasteiger partial charge is 0.478 e. The summed E-state index contributed by atoms with van der Waals surface area (Å²) in [6, 6.07) is 1.40. The fourth-order valence-electron chi connectivity index (χ4n) is 1.10. The van der Waals surface area contributed by atoms with Crippen LogP contribution in [0.25, 0.3) is 0 Å². The van der Waals surface area contributed by atoms with Crippen molar-refractivity contribution >= 4 is 17.5 Å². The molecule has 16 heavy (non-hydrogen) atoms. The Labute approximate surface area is 98.0 Å². The number of hydrogen-bond acceptors (Lipinski definition) is 3. The van der Waals surface area contributed by atoms with Crippen LogP contribution < -0.4 is 15.5 Å². The minimum Gasteiger partial charge on any atom is -0.478 e. The van der Waals surface area contributed by atoms with E-state index in [-0.39, 0.29) is 29.6 Å². The lowest BCUT2D eigenvalue weighted by Crippen LogP contribution is -2.26. The van der Waals surface area contributed by atoms with Gasteiger partial charge in [0.15, 0.2) is 12.4 Å². The fourth-order valence-corrected chi connectivity index (χ4v) is 1.37. The van der Waals surface area contributed by atoms with Crippen molar-refractivity contribution in [1.29, 1.82) is 0 Å². The first-order chi connectivity index (χ1) is 7.58. The van der Waals surface area contributed by atoms with Crippen LogP contribution in [0, 0.1) is 0 Å². The summed E-state index contributed by atoms with van der Waals surface area (Å²) in [6.07, 6.45) is 1.52. The lowest BCUT2D eigenvalue weighted by Gasteiger charge is -2.09. The van der Waals surface area contributed by atoms with Crippen molar-refractivity contribution in [3.8, 4) is 5.75 Å². The molecule has 0 unspecified atom stereocenters. The van der Waals surface area contributed by atoms with Crippen molar-refractivity contribution in [3.05, 3.63) is 28.2 Å². The number of pyridine rings is 1. The Morgan fingerprint density at radius 2 is 2.31 bits per heavy atom. The molecule has 5 nitrogen and oxygen atoms in total. The summed E-state index contributed by atoms with van der Waals surface area (Å²) in [5.74, 6) is 0.102. The van der Waals surface area contributed by atoms with E-state index < -0.39 is 0 Å². The van der Waals surface area contributed by atoms with Crippen LogP contribution in [0.5, 0.6) is 5.75 Å². The number of carbonyl (C=O) groups excluding carboxylic acids is 1. The zero-order valence-electron chi connectivity index (χ0n) is 9.12. The Bertz CT molecular complexity index is 442. The molecule has 1 rings (SSSR count). The average Bonchev–Trinajstić information content (AvgIpc) is 2.29. The van der Waals surface area contributed by atoms with E-state index in [1.165, 1.54) is 19.3 Å². The van der Waals surface area contributed by atoms with Gasteiger partial charge in [-0.25, -0.2) is 0 Å². The molecule has 1 N–H and O–H groups in total. The average molecular weight is 245 g/mol. The highest BCUT2D eigenvalue weighted by Crippen LogP contribution is 2.07. The fraction of sp³-hybridized carbons (Fsp3) is 0.400. The van der Waals surface area contributed by atoms with Crippen molar-refractivity contribution in [2.75, 3.05) is 13.7 Å². The monoisotopic (exact) mass is 244 g/mol. The van der Waals surface area contributed by atoms with Crippen LogP contribution in [0.1, 0.15) is 5.69 Å². The molecule has 0 aliphatic heterocycles. The smallest absolute Gasteiger partial charge is 0.257 e. The maximum Gasteiger partial charge on any atom is 0.257 e. The van der Waals surface area contributed by atoms with Crippen LogP contribution in [-0.2, 0) is 17.7 Å². The number of amides is 1. The van der Waals surface area contributed by atoms with Crippen LogP contribution in [0.15, 0.2) is 17.1 Å². The second kappa shape index (κ2) is 5.55. The van der Waals surface area contributed by atoms with Gasteiger partial charge in [-0.1, -0.05) is 0 Å². The van der Waals surface area contributed by atoms with Crippen LogP contribution in [0.3, 0.4) is 0 Å². The zero-order chi connectivity index (χ0) is 12.1. The van der Waals surface area contributed by atoms with Crippen molar-refractivity contribution in [3.63, 3.8) is 0 Å². The summed E-state index contributed by atoms with van der Waals surface area (Å²) in [7, 11) is 3.25. The zero-order valence-corrected chi connectivity index (χ0v) is 9.87. The molecule has 1 aromatic heterocycles. The van der Waals surface area contributed by atoms with Gasteiger partial charge in [0.2, 0.25) is 5.43 Å². The molecule has 1 heterocycles. The summed E-state index contributed by atoms with van der Waals surface area (Å²) >= 11 is 5.64. The Hall–Kier alpha value is -1.49. The van der Waals surface area contributed by atoms with E-state index in [0.29, 0.717) is 5.69 Å². The number of alkyl halides is 1. The summed E-state index contributed by atoms with van der Waals surface area (Å²) in [5.41, 5.74) is 0.414. The predicted octanol–water partition coefficient (Wildman–Crippen LogP) is 0.249. The molecule has 0 aliphatic rings. The minimum atomic E-state index is -0.288. The molecule has 6 heteroatoms. The molecular weight excluding hydrogens is 232 g/mol. The minimum absolute atomic E-state index is 0.139. The SMILES string of the molecule is CNC(=O)COc1cn(C)c(CCl)cc1=O. The van der Waals surface area contributed by atoms with Gasteiger partial charge in [-0.3, -0.25) is 9.59 Å². The van der Waals surface area contributed by atoms with Crippen molar-refractivity contribution in [2.45, 2.75) is 5.88 Å². The Kier molecular flexibility index (Phi) is 4.37. The van der Waals surface area contributed by atoms with Gasteiger partial charge >= 0.3 is 0 Å². The highest BCUT2D eigenvalue weighted by atomic mass is 35.5. The number of likely N-dealkylation sites (N-methyl/N-ethyl adjacent to an activating group) is 1. The van der Waals surface area contributed by atoms with E-state index >= 15 is 0 Å². The van der Waals surface area contributed by atoms with E-state index in [9.17, 15) is 9.59 Å². The van der Waals surface area contributed by atoms with E-state index in [4.69, 9.17) is 16.3 Å². The second-order valence-corrected chi connectivity index (χ2v) is 3.47. The van der Waals surface area contributed by atoms with Gasteiger partial charge in [0, 0.05) is 25.9 Å². The first kappa shape index (κ1) is 12.6. The lowest BCUT2D eigenvalue weighted by molar-refractivity contribution is -0.122. The normalized spacial score (nSPS) is 9.94. The number of aryl methyl sites for hydroxylation is 1. The van der Waals surface area contributed by atoms with Crippen molar-refractivity contribution in [1.82, 2.24) is 9.88 Å². The number of halogens is 1. The van der Waals surface area contributed by atoms with Gasteiger partial charge in [0.25, 0.3) is 5.91 Å². The van der Waals surface area contributed by atoms with E-state index in [1.54, 1.807) is 11.6 Å². The van der Waals surface area contributed by atoms with Gasteiger partial charge in [0.1, 0.15) is 0 Å². The van der Waals surface area contributed by atoms with Gasteiger partial charge in [0.05, 0.1) is 12.1 Å². The highest BCUT2D eigenvalue weighted by molar-refractivity contribution is 6.16. The molecule has 88 valence electrons. The molecule has 1 aromatic rings. The third kappa shape index (κ3) is 3.00. The summed E-state index contributed by atoms with van der Waals surface area (Å²) in [5, 5.41) is 2.40. The molecule has 1 amide bonds. The molecule has 0 fully saturated rings. The molecule has 0 atom stereocenters. The molecule has 0 saturated heterocycles. The molecule has 0 aliphatic carbocycles. The molecule has 0 saturated carbocycles. The molecule has 0 aromatic carbocycles. The van der Waals surface area contributed by atoms with E-state index in [1.807, 2.05) is 0 Å². The van der Waals surface area contributed by atoms with Crippen LogP contribution >= 0.6 is 11.6 Å². The standard InChI is InChI=1S/C10H13ClN2O3/c1-12-10(15)6-16-9-5-13(2)7(4-11)3-8(9)14/h3,5H,4,6H2,1-2H3,(H,12,15). The van der Waals surface area contributed by atoms with Crippen LogP contribution in [0.4, 0.5) is 0 Å². The first-order valence-corrected chi connectivity index (χ1v) is 5.20. The third-order valence-electron chi connectivity index (χ3n) is 2.08. The van der Waals surface area contributed by atoms with Gasteiger partial charge in [-0.05, 0) is 0 Å². The Balaban J connectivity index is 2.86. The molecule has 0 radical (unpaired) electrons. The lowest BCUT2D eigenvalue weighted by atomic mass is 10.3. The Morgan fingerprint density at radius 1 is 1.62 bits per heavy atom. The number of ether oxygens (including phenoxy) is 1. The van der Waals surface area contributed by atoms with E-state index in [2.05, 4.69) is 5.32 Å². The van der Waals surface area contributed by atoms with Crippen molar-refractivity contribution < 1.29 is 9.53 Å². The summed E-state index contributed by atoms with van der Waals surface area (Å²) < 4.78 is 6.77. The first-order valence-electron chi connectivity index (χ1n) is 4.67. The van der Waals surface area contributed by atoms with Crippen LogP contribution in [0.2, 0.25) is 0 Å². The highest BCUT2D eigenvalue weighted by Gasteiger charge is 2.06. The maximum atomic E-state index is 11.5. The number of rotatable bonds is 4. The number of hydrogen-bond donors (Lipinski definition) is 1. The van der Waals surface area contributed by atoms with Crippen LogP contribution in [-0.4, -0.2) is 24.1 Å².